The first-order valence-corrected chi connectivity index (χ1v) is 5.86. The zero-order valence-electron chi connectivity index (χ0n) is 11.1. The Kier molecular flexibility index (Phi) is 3.21. The summed E-state index contributed by atoms with van der Waals surface area (Å²) in [4.78, 5) is 12.2. The van der Waals surface area contributed by atoms with Crippen LogP contribution >= 0.6 is 0 Å². The molecule has 0 bridgehead atoms. The highest BCUT2D eigenvalue weighted by Crippen LogP contribution is 2.26. The molecule has 1 aromatic carbocycles. The maximum Gasteiger partial charge on any atom is 0.259 e. The summed E-state index contributed by atoms with van der Waals surface area (Å²) in [5.74, 6) is 1.08. The fourth-order valence-electron chi connectivity index (χ4n) is 1.98. The first-order chi connectivity index (χ1) is 8.90. The molecule has 0 aliphatic rings. The molecule has 0 unspecified atom stereocenters. The van der Waals surface area contributed by atoms with E-state index in [1.165, 1.54) is 12.1 Å². The Bertz CT molecular complexity index is 644. The van der Waals surface area contributed by atoms with Gasteiger partial charge in [-0.05, 0) is 32.9 Å². The van der Waals surface area contributed by atoms with Crippen molar-refractivity contribution in [3.63, 3.8) is 0 Å². The van der Waals surface area contributed by atoms with Crippen LogP contribution in [0.5, 0.6) is 5.75 Å². The standard InChI is InChI=1S/C14H16N2O3/c1-7-8(2)19-9(3)13(7)14(18)16-12-5-4-10(17)6-11(12)15/h4-6,17H,15H2,1-3H3,(H,16,18). The van der Waals surface area contributed by atoms with Gasteiger partial charge in [-0.15, -0.1) is 0 Å². The van der Waals surface area contributed by atoms with E-state index in [-0.39, 0.29) is 11.7 Å². The molecule has 0 aliphatic carbocycles. The lowest BCUT2D eigenvalue weighted by molar-refractivity contribution is 0.102. The van der Waals surface area contributed by atoms with Gasteiger partial charge in [-0.2, -0.15) is 0 Å². The molecule has 100 valence electrons. The van der Waals surface area contributed by atoms with Crippen molar-refractivity contribution >= 4 is 17.3 Å². The van der Waals surface area contributed by atoms with Gasteiger partial charge >= 0.3 is 0 Å². The minimum Gasteiger partial charge on any atom is -0.508 e. The van der Waals surface area contributed by atoms with E-state index in [4.69, 9.17) is 10.2 Å². The number of hydrogen-bond donors (Lipinski definition) is 3. The zero-order valence-corrected chi connectivity index (χ0v) is 11.1. The predicted molar refractivity (Wildman–Crippen MR) is 73.4 cm³/mol. The van der Waals surface area contributed by atoms with Crippen molar-refractivity contribution in [3.8, 4) is 5.75 Å². The second kappa shape index (κ2) is 4.68. The summed E-state index contributed by atoms with van der Waals surface area (Å²) in [6, 6.07) is 4.41. The summed E-state index contributed by atoms with van der Waals surface area (Å²) < 4.78 is 5.42. The number of benzene rings is 1. The molecule has 0 aliphatic heterocycles. The number of nitrogens with one attached hydrogen (secondary N) is 1. The largest absolute Gasteiger partial charge is 0.508 e. The highest BCUT2D eigenvalue weighted by atomic mass is 16.3. The number of aryl methyl sites for hydroxylation is 2. The monoisotopic (exact) mass is 260 g/mol. The molecule has 2 aromatic rings. The molecule has 0 radical (unpaired) electrons. The Morgan fingerprint density at radius 3 is 2.47 bits per heavy atom. The van der Waals surface area contributed by atoms with Crippen LogP contribution in [0.2, 0.25) is 0 Å². The first-order valence-electron chi connectivity index (χ1n) is 5.86. The molecular weight excluding hydrogens is 244 g/mol. The SMILES string of the molecule is Cc1oc(C)c(C(=O)Nc2ccc(O)cc2N)c1C. The molecule has 5 heteroatoms. The smallest absolute Gasteiger partial charge is 0.259 e. The van der Waals surface area contributed by atoms with E-state index in [0.717, 1.165) is 11.3 Å². The fraction of sp³-hybridized carbons (Fsp3) is 0.214. The van der Waals surface area contributed by atoms with Gasteiger partial charge in [0.15, 0.2) is 0 Å². The van der Waals surface area contributed by atoms with E-state index in [9.17, 15) is 9.90 Å². The summed E-state index contributed by atoms with van der Waals surface area (Å²) >= 11 is 0. The topological polar surface area (TPSA) is 88.5 Å². The van der Waals surface area contributed by atoms with E-state index in [1.807, 2.05) is 13.8 Å². The summed E-state index contributed by atoms with van der Waals surface area (Å²) in [6.07, 6.45) is 0. The second-order valence-corrected chi connectivity index (χ2v) is 4.44. The number of carbonyl (C=O) groups excluding carboxylic acids is 1. The Balaban J connectivity index is 2.31. The van der Waals surface area contributed by atoms with Gasteiger partial charge in [-0.1, -0.05) is 0 Å². The fourth-order valence-corrected chi connectivity index (χ4v) is 1.98. The van der Waals surface area contributed by atoms with Gasteiger partial charge < -0.3 is 20.6 Å². The van der Waals surface area contributed by atoms with E-state index >= 15 is 0 Å². The molecule has 1 heterocycles. The highest BCUT2D eigenvalue weighted by Gasteiger charge is 2.19. The van der Waals surface area contributed by atoms with Crippen LogP contribution < -0.4 is 11.1 Å². The molecule has 4 N–H and O–H groups in total. The van der Waals surface area contributed by atoms with Crippen molar-refractivity contribution in [2.45, 2.75) is 20.8 Å². The van der Waals surface area contributed by atoms with Crippen LogP contribution in [0.1, 0.15) is 27.4 Å². The van der Waals surface area contributed by atoms with E-state index < -0.39 is 0 Å². The minimum absolute atomic E-state index is 0.0574. The summed E-state index contributed by atoms with van der Waals surface area (Å²) in [7, 11) is 0. The first kappa shape index (κ1) is 13.0. The van der Waals surface area contributed by atoms with Gasteiger partial charge in [0.2, 0.25) is 0 Å². The van der Waals surface area contributed by atoms with Crippen LogP contribution in [0.25, 0.3) is 0 Å². The van der Waals surface area contributed by atoms with Gasteiger partial charge in [-0.25, -0.2) is 0 Å². The number of rotatable bonds is 2. The number of carbonyl (C=O) groups is 1. The number of anilines is 2. The molecular formula is C14H16N2O3. The molecule has 1 amide bonds. The second-order valence-electron chi connectivity index (χ2n) is 4.44. The van der Waals surface area contributed by atoms with Crippen LogP contribution in [-0.2, 0) is 0 Å². The van der Waals surface area contributed by atoms with Crippen molar-refractivity contribution in [2.75, 3.05) is 11.1 Å². The molecule has 0 fully saturated rings. The Labute approximate surface area is 111 Å². The van der Waals surface area contributed by atoms with Gasteiger partial charge in [0.25, 0.3) is 5.91 Å². The highest BCUT2D eigenvalue weighted by molar-refractivity contribution is 6.07. The lowest BCUT2D eigenvalue weighted by Gasteiger charge is -2.08. The lowest BCUT2D eigenvalue weighted by atomic mass is 10.1. The number of amides is 1. The number of nitrogens with two attached hydrogens (primary N) is 1. The van der Waals surface area contributed by atoms with Crippen molar-refractivity contribution in [2.24, 2.45) is 0 Å². The normalized spacial score (nSPS) is 10.5. The van der Waals surface area contributed by atoms with Crippen LogP contribution in [0, 0.1) is 20.8 Å². The Morgan fingerprint density at radius 2 is 1.95 bits per heavy atom. The van der Waals surface area contributed by atoms with Crippen molar-refractivity contribution < 1.29 is 14.3 Å². The molecule has 0 saturated heterocycles. The number of phenols is 1. The van der Waals surface area contributed by atoms with E-state index in [2.05, 4.69) is 5.32 Å². The van der Waals surface area contributed by atoms with Crippen LogP contribution in [0.3, 0.4) is 0 Å². The number of aromatic hydroxyl groups is 1. The zero-order chi connectivity index (χ0) is 14.2. The van der Waals surface area contributed by atoms with Gasteiger partial charge in [-0.3, -0.25) is 4.79 Å². The van der Waals surface area contributed by atoms with E-state index in [0.29, 0.717) is 22.7 Å². The maximum absolute atomic E-state index is 12.2. The third-order valence-electron chi connectivity index (χ3n) is 3.07. The van der Waals surface area contributed by atoms with Gasteiger partial charge in [0.05, 0.1) is 16.9 Å². The molecule has 19 heavy (non-hydrogen) atoms. The Hall–Kier alpha value is -2.43. The van der Waals surface area contributed by atoms with E-state index in [1.54, 1.807) is 13.0 Å². The number of nitrogen functional groups attached to an aromatic ring is 1. The van der Waals surface area contributed by atoms with Gasteiger partial charge in [0.1, 0.15) is 17.3 Å². The molecule has 2 rings (SSSR count). The lowest BCUT2D eigenvalue weighted by Crippen LogP contribution is -2.14. The average molecular weight is 260 g/mol. The molecule has 5 nitrogen and oxygen atoms in total. The molecule has 1 aromatic heterocycles. The number of hydrogen-bond acceptors (Lipinski definition) is 4. The third-order valence-corrected chi connectivity index (χ3v) is 3.07. The van der Waals surface area contributed by atoms with Crippen LogP contribution in [-0.4, -0.2) is 11.0 Å². The van der Waals surface area contributed by atoms with Crippen molar-refractivity contribution in [3.05, 3.63) is 40.8 Å². The third kappa shape index (κ3) is 2.40. The van der Waals surface area contributed by atoms with Gasteiger partial charge in [0, 0.05) is 11.6 Å². The minimum atomic E-state index is -0.274. The number of phenolic OH excluding ortho intramolecular Hbond substituents is 1. The number of furan rings is 1. The molecule has 0 saturated carbocycles. The average Bonchev–Trinajstić information content (AvgIpc) is 2.57. The molecule has 0 spiro atoms. The van der Waals surface area contributed by atoms with Crippen molar-refractivity contribution in [1.82, 2.24) is 0 Å². The summed E-state index contributed by atoms with van der Waals surface area (Å²) in [5.41, 5.74) is 7.83. The van der Waals surface area contributed by atoms with Crippen molar-refractivity contribution in [1.29, 1.82) is 0 Å². The summed E-state index contributed by atoms with van der Waals surface area (Å²) in [5, 5.41) is 12.0. The molecule has 0 atom stereocenters. The summed E-state index contributed by atoms with van der Waals surface area (Å²) in [6.45, 7) is 5.39. The quantitative estimate of drug-likeness (QED) is 0.572. The maximum atomic E-state index is 12.2. The van der Waals surface area contributed by atoms with Crippen LogP contribution in [0.4, 0.5) is 11.4 Å². The van der Waals surface area contributed by atoms with Crippen LogP contribution in [0.15, 0.2) is 22.6 Å². The Morgan fingerprint density at radius 1 is 1.26 bits per heavy atom. The predicted octanol–water partition coefficient (Wildman–Crippen LogP) is 2.74.